The van der Waals surface area contributed by atoms with Crippen molar-refractivity contribution >= 4 is 18.3 Å². The molecule has 1 unspecified atom stereocenters. The van der Waals surface area contributed by atoms with Crippen LogP contribution in [0.1, 0.15) is 40.8 Å². The van der Waals surface area contributed by atoms with Gasteiger partial charge in [-0.25, -0.2) is 0 Å². The first-order valence-electron chi connectivity index (χ1n) is 8.68. The van der Waals surface area contributed by atoms with Gasteiger partial charge in [0.05, 0.1) is 0 Å². The predicted molar refractivity (Wildman–Crippen MR) is 104 cm³/mol. The fourth-order valence-electron chi connectivity index (χ4n) is 3.20. The summed E-state index contributed by atoms with van der Waals surface area (Å²) >= 11 is 0. The Morgan fingerprint density at radius 1 is 1.31 bits per heavy atom. The molecule has 2 aromatic rings. The van der Waals surface area contributed by atoms with Crippen LogP contribution in [0.15, 0.2) is 34.7 Å². The van der Waals surface area contributed by atoms with E-state index in [-0.39, 0.29) is 23.7 Å². The van der Waals surface area contributed by atoms with E-state index in [1.807, 2.05) is 24.0 Å². The molecule has 0 spiro atoms. The second-order valence-corrected chi connectivity index (χ2v) is 7.32. The number of nitrogens with zero attached hydrogens (tertiary/aromatic N) is 1. The number of ether oxygens (including phenoxy) is 1. The van der Waals surface area contributed by atoms with Gasteiger partial charge < -0.3 is 19.8 Å². The van der Waals surface area contributed by atoms with Gasteiger partial charge in [0.25, 0.3) is 5.91 Å². The summed E-state index contributed by atoms with van der Waals surface area (Å²) in [6.07, 6.45) is 0.929. The van der Waals surface area contributed by atoms with Crippen molar-refractivity contribution in [3.05, 3.63) is 53.0 Å². The molecule has 0 radical (unpaired) electrons. The molecule has 1 aliphatic heterocycles. The Morgan fingerprint density at radius 2 is 2.08 bits per heavy atom. The fourth-order valence-corrected chi connectivity index (χ4v) is 3.20. The van der Waals surface area contributed by atoms with Gasteiger partial charge in [-0.05, 0) is 56.0 Å². The molecule has 5 nitrogen and oxygen atoms in total. The van der Waals surface area contributed by atoms with Gasteiger partial charge in [0.15, 0.2) is 5.76 Å². The van der Waals surface area contributed by atoms with E-state index in [0.29, 0.717) is 31.2 Å². The molecule has 1 aromatic carbocycles. The number of halogens is 1. The smallest absolute Gasteiger partial charge is 0.289 e. The maximum absolute atomic E-state index is 12.6. The molecule has 2 heterocycles. The van der Waals surface area contributed by atoms with Crippen molar-refractivity contribution in [1.29, 1.82) is 0 Å². The van der Waals surface area contributed by atoms with Gasteiger partial charge in [-0.15, -0.1) is 12.4 Å². The number of hydrogen-bond acceptors (Lipinski definition) is 4. The zero-order chi connectivity index (χ0) is 18.0. The average molecular weight is 379 g/mol. The van der Waals surface area contributed by atoms with Gasteiger partial charge in [-0.3, -0.25) is 4.79 Å². The lowest BCUT2D eigenvalue weighted by Gasteiger charge is -2.21. The Balaban J connectivity index is 0.00000243. The second-order valence-electron chi connectivity index (χ2n) is 7.32. The highest BCUT2D eigenvalue weighted by Crippen LogP contribution is 2.30. The van der Waals surface area contributed by atoms with Gasteiger partial charge in [0, 0.05) is 13.1 Å². The molecule has 26 heavy (non-hydrogen) atoms. The maximum Gasteiger partial charge on any atom is 0.289 e. The number of benzene rings is 1. The molecule has 1 atom stereocenters. The van der Waals surface area contributed by atoms with Crippen LogP contribution in [0.5, 0.6) is 5.75 Å². The van der Waals surface area contributed by atoms with Crippen LogP contribution in [0, 0.1) is 19.3 Å². The number of rotatable bonds is 5. The third-order valence-corrected chi connectivity index (χ3v) is 4.91. The zero-order valence-electron chi connectivity index (χ0n) is 15.6. The fraction of sp³-hybridized carbons (Fsp3) is 0.450. The van der Waals surface area contributed by atoms with Crippen molar-refractivity contribution in [2.24, 2.45) is 11.1 Å². The number of hydrogen-bond donors (Lipinski definition) is 1. The number of furan rings is 1. The summed E-state index contributed by atoms with van der Waals surface area (Å²) in [6, 6.07) is 9.57. The monoisotopic (exact) mass is 378 g/mol. The van der Waals surface area contributed by atoms with Gasteiger partial charge in [0.1, 0.15) is 18.1 Å². The van der Waals surface area contributed by atoms with E-state index >= 15 is 0 Å². The van der Waals surface area contributed by atoms with Crippen LogP contribution in [0.25, 0.3) is 0 Å². The molecule has 1 aliphatic rings. The minimum Gasteiger partial charge on any atom is -0.485 e. The van der Waals surface area contributed by atoms with Crippen LogP contribution in [0.2, 0.25) is 0 Å². The number of likely N-dealkylation sites (tertiary alicyclic amines) is 1. The van der Waals surface area contributed by atoms with E-state index in [4.69, 9.17) is 14.9 Å². The van der Waals surface area contributed by atoms with E-state index in [2.05, 4.69) is 19.9 Å². The highest BCUT2D eigenvalue weighted by Gasteiger charge is 2.36. The molecule has 3 rings (SSSR count). The van der Waals surface area contributed by atoms with E-state index < -0.39 is 0 Å². The zero-order valence-corrected chi connectivity index (χ0v) is 16.4. The lowest BCUT2D eigenvalue weighted by molar-refractivity contribution is 0.0741. The van der Waals surface area contributed by atoms with Crippen molar-refractivity contribution in [2.45, 2.75) is 33.8 Å². The summed E-state index contributed by atoms with van der Waals surface area (Å²) in [6.45, 7) is 8.47. The number of carbonyl (C=O) groups excluding carboxylic acids is 1. The van der Waals surface area contributed by atoms with E-state index in [9.17, 15) is 4.79 Å². The van der Waals surface area contributed by atoms with Crippen molar-refractivity contribution in [3.8, 4) is 5.75 Å². The summed E-state index contributed by atoms with van der Waals surface area (Å²) in [5.41, 5.74) is 8.11. The van der Waals surface area contributed by atoms with Crippen molar-refractivity contribution < 1.29 is 13.9 Å². The predicted octanol–water partition coefficient (Wildman–Crippen LogP) is 3.71. The third-order valence-electron chi connectivity index (χ3n) is 4.91. The molecule has 142 valence electrons. The highest BCUT2D eigenvalue weighted by molar-refractivity contribution is 5.91. The summed E-state index contributed by atoms with van der Waals surface area (Å²) < 4.78 is 11.5. The van der Waals surface area contributed by atoms with Crippen molar-refractivity contribution in [1.82, 2.24) is 4.90 Å². The Morgan fingerprint density at radius 3 is 2.73 bits per heavy atom. The van der Waals surface area contributed by atoms with Crippen LogP contribution in [0.4, 0.5) is 0 Å². The molecule has 1 saturated heterocycles. The molecular weight excluding hydrogens is 352 g/mol. The molecule has 0 bridgehead atoms. The Kier molecular flexibility index (Phi) is 6.37. The van der Waals surface area contributed by atoms with Gasteiger partial charge >= 0.3 is 0 Å². The van der Waals surface area contributed by atoms with E-state index in [1.165, 1.54) is 5.56 Å². The summed E-state index contributed by atoms with van der Waals surface area (Å²) in [4.78, 5) is 14.4. The van der Waals surface area contributed by atoms with E-state index in [1.54, 1.807) is 12.1 Å². The van der Waals surface area contributed by atoms with Crippen LogP contribution in [-0.4, -0.2) is 30.4 Å². The van der Waals surface area contributed by atoms with Crippen LogP contribution >= 0.6 is 12.4 Å². The number of aryl methyl sites for hydroxylation is 2. The molecular formula is C20H27ClN2O3. The van der Waals surface area contributed by atoms with Gasteiger partial charge in [-0.2, -0.15) is 0 Å². The Bertz CT molecular complexity index is 774. The highest BCUT2D eigenvalue weighted by atomic mass is 35.5. The first-order valence-corrected chi connectivity index (χ1v) is 8.68. The molecule has 0 saturated carbocycles. The average Bonchev–Trinajstić information content (AvgIpc) is 3.21. The lowest BCUT2D eigenvalue weighted by Crippen LogP contribution is -2.34. The molecule has 1 amide bonds. The largest absolute Gasteiger partial charge is 0.485 e. The normalized spacial score (nSPS) is 19.3. The lowest BCUT2D eigenvalue weighted by atomic mass is 9.90. The van der Waals surface area contributed by atoms with Crippen LogP contribution in [-0.2, 0) is 6.61 Å². The Labute approximate surface area is 160 Å². The van der Waals surface area contributed by atoms with Crippen LogP contribution in [0.3, 0.4) is 0 Å². The number of nitrogens with two attached hydrogens (primary N) is 1. The number of amides is 1. The molecule has 1 aromatic heterocycles. The molecule has 2 N–H and O–H groups in total. The SMILES string of the molecule is Cc1ccc(OCc2ccc(C(=O)N3CCC(C)(CN)C3)o2)c(C)c1.Cl. The molecule has 1 fully saturated rings. The third kappa shape index (κ3) is 4.40. The number of carbonyl (C=O) groups is 1. The summed E-state index contributed by atoms with van der Waals surface area (Å²) in [5.74, 6) is 1.76. The van der Waals surface area contributed by atoms with Gasteiger partial charge in [-0.1, -0.05) is 24.6 Å². The van der Waals surface area contributed by atoms with Crippen molar-refractivity contribution in [3.63, 3.8) is 0 Å². The summed E-state index contributed by atoms with van der Waals surface area (Å²) in [7, 11) is 0. The second kappa shape index (κ2) is 8.14. The molecule has 6 heteroatoms. The summed E-state index contributed by atoms with van der Waals surface area (Å²) in [5, 5.41) is 0. The quantitative estimate of drug-likeness (QED) is 0.861. The minimum absolute atomic E-state index is 0. The van der Waals surface area contributed by atoms with Crippen molar-refractivity contribution in [2.75, 3.05) is 19.6 Å². The topological polar surface area (TPSA) is 68.7 Å². The van der Waals surface area contributed by atoms with Gasteiger partial charge in [0.2, 0.25) is 0 Å². The standard InChI is InChI=1S/C20H26N2O3.ClH/c1-14-4-6-17(15(2)10-14)24-11-16-5-7-18(25-16)19(23)22-9-8-20(3,12-21)13-22;/h4-7,10H,8-9,11-13,21H2,1-3H3;1H. The Hall–Kier alpha value is -1.98. The maximum atomic E-state index is 12.6. The van der Waals surface area contributed by atoms with Crippen LogP contribution < -0.4 is 10.5 Å². The minimum atomic E-state index is -0.0741. The first kappa shape index (κ1) is 20.3. The molecule has 0 aliphatic carbocycles. The van der Waals surface area contributed by atoms with E-state index in [0.717, 1.165) is 24.3 Å². The first-order chi connectivity index (χ1) is 11.9.